The van der Waals surface area contributed by atoms with Gasteiger partial charge in [-0.15, -0.1) is 0 Å². The van der Waals surface area contributed by atoms with Gasteiger partial charge >= 0.3 is 6.03 Å². The van der Waals surface area contributed by atoms with Crippen molar-refractivity contribution in [2.24, 2.45) is 10.7 Å². The number of primary amides is 1. The van der Waals surface area contributed by atoms with Gasteiger partial charge in [0.25, 0.3) is 0 Å². The first-order valence-corrected chi connectivity index (χ1v) is 4.42. The molecule has 0 radical (unpaired) electrons. The van der Waals surface area contributed by atoms with E-state index in [-0.39, 0.29) is 12.1 Å². The van der Waals surface area contributed by atoms with Gasteiger partial charge in [-0.25, -0.2) is 4.79 Å². The highest BCUT2D eigenvalue weighted by molar-refractivity contribution is 5.81. The highest BCUT2D eigenvalue weighted by Crippen LogP contribution is 2.06. The van der Waals surface area contributed by atoms with Crippen LogP contribution in [0.25, 0.3) is 0 Å². The Hall–Kier alpha value is -1.26. The second kappa shape index (κ2) is 4.11. The lowest BCUT2D eigenvalue weighted by Gasteiger charge is -2.14. The molecule has 0 aromatic heterocycles. The number of urea groups is 1. The summed E-state index contributed by atoms with van der Waals surface area (Å²) < 4.78 is 0. The number of nitrogens with two attached hydrogens (primary N) is 1. The summed E-state index contributed by atoms with van der Waals surface area (Å²) in [6.45, 7) is 4.72. The number of carbonyl (C=O) groups is 1. The fourth-order valence-electron chi connectivity index (χ4n) is 1.48. The van der Waals surface area contributed by atoms with Gasteiger partial charge in [0.15, 0.2) is 0 Å². The van der Waals surface area contributed by atoms with Crippen LogP contribution in [0.15, 0.2) is 4.99 Å². The van der Waals surface area contributed by atoms with Gasteiger partial charge < -0.3 is 16.4 Å². The Bertz CT molecular complexity index is 226. The zero-order valence-electron chi connectivity index (χ0n) is 8.00. The number of carbonyl (C=O) groups excluding carboxylic acids is 1. The van der Waals surface area contributed by atoms with E-state index in [1.54, 1.807) is 0 Å². The molecule has 13 heavy (non-hydrogen) atoms. The number of hydrogen-bond donors (Lipinski definition) is 3. The summed E-state index contributed by atoms with van der Waals surface area (Å²) in [5, 5.41) is 5.76. The third kappa shape index (κ3) is 3.31. The minimum atomic E-state index is -0.473. The van der Waals surface area contributed by atoms with Crippen molar-refractivity contribution < 1.29 is 4.79 Å². The molecule has 0 bridgehead atoms. The lowest BCUT2D eigenvalue weighted by Crippen LogP contribution is -2.39. The fraction of sp³-hybridized carbons (Fsp3) is 0.750. The molecule has 0 saturated carbocycles. The van der Waals surface area contributed by atoms with Gasteiger partial charge in [0, 0.05) is 12.6 Å². The standard InChI is InChI=1S/C8H16N4O/c1-5(11-8(9)13)3-7-4-10-6(2)12-7/h5,7H,3-4H2,1-2H3,(H,10,12)(H3,9,11,13). The second-order valence-corrected chi connectivity index (χ2v) is 3.39. The number of nitrogens with zero attached hydrogens (tertiary/aromatic N) is 1. The number of amidine groups is 1. The van der Waals surface area contributed by atoms with Gasteiger partial charge in [0.05, 0.1) is 11.9 Å². The molecule has 0 spiro atoms. The summed E-state index contributed by atoms with van der Waals surface area (Å²) in [6, 6.07) is -0.125. The number of hydrogen-bond acceptors (Lipinski definition) is 3. The third-order valence-electron chi connectivity index (χ3n) is 1.98. The quantitative estimate of drug-likeness (QED) is 0.569. The Morgan fingerprint density at radius 2 is 2.62 bits per heavy atom. The Kier molecular flexibility index (Phi) is 3.11. The summed E-state index contributed by atoms with van der Waals surface area (Å²) in [5.74, 6) is 0.969. The Labute approximate surface area is 77.8 Å². The van der Waals surface area contributed by atoms with E-state index in [1.165, 1.54) is 0 Å². The summed E-state index contributed by atoms with van der Waals surface area (Å²) >= 11 is 0. The first-order chi connectivity index (χ1) is 6.08. The van der Waals surface area contributed by atoms with Gasteiger partial charge in [0.1, 0.15) is 0 Å². The SMILES string of the molecule is CC1=NC(CC(C)NC(N)=O)CN1. The molecule has 74 valence electrons. The van der Waals surface area contributed by atoms with E-state index < -0.39 is 6.03 Å². The van der Waals surface area contributed by atoms with Crippen LogP contribution in [-0.4, -0.2) is 30.5 Å². The van der Waals surface area contributed by atoms with Crippen molar-refractivity contribution >= 4 is 11.9 Å². The van der Waals surface area contributed by atoms with Crippen molar-refractivity contribution in [3.05, 3.63) is 0 Å². The molecule has 0 aromatic carbocycles. The lowest BCUT2D eigenvalue weighted by atomic mass is 10.1. The first-order valence-electron chi connectivity index (χ1n) is 4.42. The number of nitrogens with one attached hydrogen (secondary N) is 2. The van der Waals surface area contributed by atoms with Crippen molar-refractivity contribution in [3.63, 3.8) is 0 Å². The molecule has 0 aromatic rings. The molecule has 1 aliphatic rings. The zero-order valence-corrected chi connectivity index (χ0v) is 8.00. The van der Waals surface area contributed by atoms with Gasteiger partial charge in [0.2, 0.25) is 0 Å². The molecular formula is C8H16N4O. The molecule has 0 fully saturated rings. The van der Waals surface area contributed by atoms with E-state index in [4.69, 9.17) is 5.73 Å². The van der Waals surface area contributed by atoms with E-state index in [0.29, 0.717) is 0 Å². The molecule has 4 N–H and O–H groups in total. The second-order valence-electron chi connectivity index (χ2n) is 3.39. The van der Waals surface area contributed by atoms with E-state index in [1.807, 2.05) is 13.8 Å². The molecule has 0 aliphatic carbocycles. The molecule has 1 aliphatic heterocycles. The Morgan fingerprint density at radius 1 is 1.92 bits per heavy atom. The van der Waals surface area contributed by atoms with E-state index >= 15 is 0 Å². The van der Waals surface area contributed by atoms with Crippen LogP contribution in [0.3, 0.4) is 0 Å². The fourth-order valence-corrected chi connectivity index (χ4v) is 1.48. The van der Waals surface area contributed by atoms with Crippen LogP contribution in [0, 0.1) is 0 Å². The number of aliphatic imine (C=N–C) groups is 1. The van der Waals surface area contributed by atoms with Crippen molar-refractivity contribution in [3.8, 4) is 0 Å². The van der Waals surface area contributed by atoms with Crippen LogP contribution >= 0.6 is 0 Å². The Balaban J connectivity index is 2.28. The van der Waals surface area contributed by atoms with Crippen molar-refractivity contribution in [2.75, 3.05) is 6.54 Å². The minimum Gasteiger partial charge on any atom is -0.372 e. The molecular weight excluding hydrogens is 168 g/mol. The molecule has 5 nitrogen and oxygen atoms in total. The van der Waals surface area contributed by atoms with Gasteiger partial charge in [-0.05, 0) is 20.3 Å². The highest BCUT2D eigenvalue weighted by Gasteiger charge is 2.17. The average molecular weight is 184 g/mol. The predicted octanol–water partition coefficient (Wildman–Crippen LogP) is -0.176. The largest absolute Gasteiger partial charge is 0.372 e. The van der Waals surface area contributed by atoms with Crippen LogP contribution in [0.1, 0.15) is 20.3 Å². The van der Waals surface area contributed by atoms with E-state index in [0.717, 1.165) is 18.8 Å². The summed E-state index contributed by atoms with van der Waals surface area (Å²) in [5.41, 5.74) is 4.99. The molecule has 2 unspecified atom stereocenters. The van der Waals surface area contributed by atoms with Crippen LogP contribution in [0.2, 0.25) is 0 Å². The highest BCUT2D eigenvalue weighted by atomic mass is 16.2. The van der Waals surface area contributed by atoms with Crippen LogP contribution in [0.5, 0.6) is 0 Å². The maximum atomic E-state index is 10.5. The zero-order chi connectivity index (χ0) is 9.84. The lowest BCUT2D eigenvalue weighted by molar-refractivity contribution is 0.245. The molecule has 1 heterocycles. The van der Waals surface area contributed by atoms with E-state index in [2.05, 4.69) is 15.6 Å². The van der Waals surface area contributed by atoms with E-state index in [9.17, 15) is 4.79 Å². The van der Waals surface area contributed by atoms with Gasteiger partial charge in [-0.3, -0.25) is 4.99 Å². The van der Waals surface area contributed by atoms with Crippen LogP contribution in [-0.2, 0) is 0 Å². The average Bonchev–Trinajstić information content (AvgIpc) is 2.33. The minimum absolute atomic E-state index is 0.0824. The summed E-state index contributed by atoms with van der Waals surface area (Å²) in [6.07, 6.45) is 0.827. The van der Waals surface area contributed by atoms with Crippen LogP contribution in [0.4, 0.5) is 4.79 Å². The number of amides is 2. The van der Waals surface area contributed by atoms with Crippen LogP contribution < -0.4 is 16.4 Å². The topological polar surface area (TPSA) is 79.5 Å². The monoisotopic (exact) mass is 184 g/mol. The van der Waals surface area contributed by atoms with Crippen molar-refractivity contribution in [1.82, 2.24) is 10.6 Å². The summed E-state index contributed by atoms with van der Waals surface area (Å²) in [4.78, 5) is 14.9. The third-order valence-corrected chi connectivity index (χ3v) is 1.98. The molecule has 2 amide bonds. The van der Waals surface area contributed by atoms with Crippen molar-refractivity contribution in [1.29, 1.82) is 0 Å². The Morgan fingerprint density at radius 3 is 3.08 bits per heavy atom. The predicted molar refractivity (Wildman–Crippen MR) is 51.7 cm³/mol. The normalized spacial score (nSPS) is 23.2. The molecule has 5 heteroatoms. The maximum Gasteiger partial charge on any atom is 0.312 e. The molecule has 2 atom stereocenters. The smallest absolute Gasteiger partial charge is 0.312 e. The first kappa shape index (κ1) is 9.83. The van der Waals surface area contributed by atoms with Crippen molar-refractivity contribution in [2.45, 2.75) is 32.4 Å². The molecule has 1 rings (SSSR count). The van der Waals surface area contributed by atoms with Gasteiger partial charge in [-0.2, -0.15) is 0 Å². The maximum absolute atomic E-state index is 10.5. The molecule has 0 saturated heterocycles. The summed E-state index contributed by atoms with van der Waals surface area (Å²) in [7, 11) is 0. The number of rotatable bonds is 3. The van der Waals surface area contributed by atoms with Gasteiger partial charge in [-0.1, -0.05) is 0 Å².